The Labute approximate surface area is 127 Å². The number of rotatable bonds is 6. The van der Waals surface area contributed by atoms with Crippen molar-refractivity contribution in [1.29, 1.82) is 0 Å². The number of hydrogen-bond donors (Lipinski definition) is 0. The molecule has 2 rings (SSSR count). The second-order valence-electron chi connectivity index (χ2n) is 5.65. The second-order valence-corrected chi connectivity index (χ2v) is 6.02. The largest absolute Gasteiger partial charge is 0.325 e. The first kappa shape index (κ1) is 15.4. The molecule has 0 radical (unpaired) electrons. The third-order valence-electron chi connectivity index (χ3n) is 4.37. The van der Waals surface area contributed by atoms with Crippen molar-refractivity contribution >= 4 is 22.6 Å². The van der Waals surface area contributed by atoms with Crippen molar-refractivity contribution in [3.8, 4) is 0 Å². The highest BCUT2D eigenvalue weighted by Gasteiger charge is 2.21. The van der Waals surface area contributed by atoms with E-state index in [4.69, 9.17) is 16.6 Å². The summed E-state index contributed by atoms with van der Waals surface area (Å²) in [6.07, 6.45) is 3.23. The SMILES string of the molecule is CCC(CC)C(C)n1c(CCCl)nc2ccc(C)cc21. The molecule has 0 spiro atoms. The van der Waals surface area contributed by atoms with E-state index in [0.717, 1.165) is 17.8 Å². The van der Waals surface area contributed by atoms with Crippen molar-refractivity contribution in [1.82, 2.24) is 9.55 Å². The average molecular weight is 293 g/mol. The van der Waals surface area contributed by atoms with Crippen LogP contribution in [0, 0.1) is 12.8 Å². The first-order chi connectivity index (χ1) is 9.62. The first-order valence-electron chi connectivity index (χ1n) is 7.65. The normalized spacial score (nSPS) is 13.3. The lowest BCUT2D eigenvalue weighted by atomic mass is 9.95. The predicted octanol–water partition coefficient (Wildman–Crippen LogP) is 5.12. The molecule has 0 amide bonds. The zero-order chi connectivity index (χ0) is 14.7. The molecular weight excluding hydrogens is 268 g/mol. The van der Waals surface area contributed by atoms with Crippen LogP contribution in [0.3, 0.4) is 0 Å². The Morgan fingerprint density at radius 3 is 2.55 bits per heavy atom. The van der Waals surface area contributed by atoms with Crippen molar-refractivity contribution in [2.75, 3.05) is 5.88 Å². The van der Waals surface area contributed by atoms with Crippen LogP contribution >= 0.6 is 11.6 Å². The summed E-state index contributed by atoms with van der Waals surface area (Å²) in [6, 6.07) is 6.97. The summed E-state index contributed by atoms with van der Waals surface area (Å²) in [5.41, 5.74) is 3.63. The molecule has 1 heterocycles. The van der Waals surface area contributed by atoms with E-state index in [2.05, 4.69) is 50.5 Å². The van der Waals surface area contributed by atoms with Crippen molar-refractivity contribution in [2.24, 2.45) is 5.92 Å². The number of fused-ring (bicyclic) bond motifs is 1. The molecule has 0 fully saturated rings. The van der Waals surface area contributed by atoms with E-state index in [1.165, 1.54) is 23.9 Å². The molecule has 1 aromatic heterocycles. The van der Waals surface area contributed by atoms with E-state index in [-0.39, 0.29) is 0 Å². The van der Waals surface area contributed by atoms with E-state index in [1.54, 1.807) is 0 Å². The van der Waals surface area contributed by atoms with Crippen LogP contribution in [0.5, 0.6) is 0 Å². The van der Waals surface area contributed by atoms with Gasteiger partial charge in [-0.15, -0.1) is 11.6 Å². The number of halogens is 1. The predicted molar refractivity (Wildman–Crippen MR) is 87.7 cm³/mol. The van der Waals surface area contributed by atoms with Gasteiger partial charge in [0.2, 0.25) is 0 Å². The number of imidazole rings is 1. The molecule has 1 unspecified atom stereocenters. The standard InChI is InChI=1S/C17H25ClN2/c1-5-14(6-2)13(4)20-16-11-12(3)7-8-15(16)19-17(20)9-10-18/h7-8,11,13-14H,5-6,9-10H2,1-4H3. The van der Waals surface area contributed by atoms with Gasteiger partial charge < -0.3 is 4.57 Å². The number of nitrogens with zero attached hydrogens (tertiary/aromatic N) is 2. The van der Waals surface area contributed by atoms with Crippen LogP contribution in [0.25, 0.3) is 11.0 Å². The Balaban J connectivity index is 2.57. The molecule has 0 bridgehead atoms. The highest BCUT2D eigenvalue weighted by Crippen LogP contribution is 2.30. The summed E-state index contributed by atoms with van der Waals surface area (Å²) < 4.78 is 2.42. The van der Waals surface area contributed by atoms with Crippen LogP contribution in [0.4, 0.5) is 0 Å². The lowest BCUT2D eigenvalue weighted by molar-refractivity contribution is 0.333. The maximum Gasteiger partial charge on any atom is 0.111 e. The molecule has 1 atom stereocenters. The number of alkyl halides is 1. The molecule has 0 N–H and O–H groups in total. The van der Waals surface area contributed by atoms with Gasteiger partial charge in [0.05, 0.1) is 11.0 Å². The Morgan fingerprint density at radius 1 is 1.25 bits per heavy atom. The number of aromatic nitrogens is 2. The molecule has 2 nitrogen and oxygen atoms in total. The fourth-order valence-corrected chi connectivity index (χ4v) is 3.32. The Morgan fingerprint density at radius 2 is 1.95 bits per heavy atom. The van der Waals surface area contributed by atoms with E-state index in [9.17, 15) is 0 Å². The second kappa shape index (κ2) is 6.62. The zero-order valence-corrected chi connectivity index (χ0v) is 13.7. The van der Waals surface area contributed by atoms with Crippen molar-refractivity contribution < 1.29 is 0 Å². The first-order valence-corrected chi connectivity index (χ1v) is 8.19. The fourth-order valence-electron chi connectivity index (χ4n) is 3.15. The summed E-state index contributed by atoms with van der Waals surface area (Å²) in [7, 11) is 0. The molecule has 0 aliphatic heterocycles. The smallest absolute Gasteiger partial charge is 0.111 e. The summed E-state index contributed by atoms with van der Waals surface area (Å²) >= 11 is 5.97. The van der Waals surface area contributed by atoms with Crippen molar-refractivity contribution in [3.63, 3.8) is 0 Å². The van der Waals surface area contributed by atoms with Crippen LogP contribution in [-0.4, -0.2) is 15.4 Å². The molecule has 0 aliphatic rings. The molecule has 0 saturated carbocycles. The van der Waals surface area contributed by atoms with Gasteiger partial charge in [0.15, 0.2) is 0 Å². The van der Waals surface area contributed by atoms with Crippen molar-refractivity contribution in [3.05, 3.63) is 29.6 Å². The van der Waals surface area contributed by atoms with Crippen LogP contribution in [0.2, 0.25) is 0 Å². The fraction of sp³-hybridized carbons (Fsp3) is 0.588. The van der Waals surface area contributed by atoms with Gasteiger partial charge in [0, 0.05) is 18.3 Å². The van der Waals surface area contributed by atoms with E-state index in [1.807, 2.05) is 0 Å². The maximum atomic E-state index is 5.97. The number of hydrogen-bond acceptors (Lipinski definition) is 1. The van der Waals surface area contributed by atoms with Gasteiger partial charge in [-0.2, -0.15) is 0 Å². The van der Waals surface area contributed by atoms with Crippen LogP contribution < -0.4 is 0 Å². The van der Waals surface area contributed by atoms with E-state index >= 15 is 0 Å². The van der Waals surface area contributed by atoms with Gasteiger partial charge in [-0.25, -0.2) is 4.98 Å². The van der Waals surface area contributed by atoms with Gasteiger partial charge in [-0.1, -0.05) is 32.8 Å². The van der Waals surface area contributed by atoms with E-state index < -0.39 is 0 Å². The van der Waals surface area contributed by atoms with Gasteiger partial charge >= 0.3 is 0 Å². The number of aryl methyl sites for hydroxylation is 2. The maximum absolute atomic E-state index is 5.97. The summed E-state index contributed by atoms with van der Waals surface area (Å²) in [5, 5.41) is 0. The highest BCUT2D eigenvalue weighted by molar-refractivity contribution is 6.17. The minimum atomic E-state index is 0.468. The third kappa shape index (κ3) is 2.85. The third-order valence-corrected chi connectivity index (χ3v) is 4.56. The molecule has 2 aromatic rings. The molecule has 110 valence electrons. The molecule has 20 heavy (non-hydrogen) atoms. The van der Waals surface area contributed by atoms with Crippen LogP contribution in [-0.2, 0) is 6.42 Å². The van der Waals surface area contributed by atoms with Gasteiger partial charge in [0.1, 0.15) is 5.82 Å². The van der Waals surface area contributed by atoms with Crippen LogP contribution in [0.1, 0.15) is 51.0 Å². The average Bonchev–Trinajstić information content (AvgIpc) is 2.77. The Hall–Kier alpha value is -1.02. The summed E-state index contributed by atoms with van der Waals surface area (Å²) in [5.74, 6) is 2.43. The molecule has 1 aromatic carbocycles. The quantitative estimate of drug-likeness (QED) is 0.675. The summed E-state index contributed by atoms with van der Waals surface area (Å²) in [4.78, 5) is 4.79. The molecule has 3 heteroatoms. The molecule has 0 aliphatic carbocycles. The molecule has 0 saturated heterocycles. The summed E-state index contributed by atoms with van der Waals surface area (Å²) in [6.45, 7) is 9.01. The lowest BCUT2D eigenvalue weighted by Crippen LogP contribution is -2.18. The van der Waals surface area contributed by atoms with Gasteiger partial charge in [-0.3, -0.25) is 0 Å². The molecular formula is C17H25ClN2. The minimum Gasteiger partial charge on any atom is -0.325 e. The highest BCUT2D eigenvalue weighted by atomic mass is 35.5. The van der Waals surface area contributed by atoms with Gasteiger partial charge in [-0.05, 0) is 37.5 Å². The minimum absolute atomic E-state index is 0.468. The Kier molecular flexibility index (Phi) is 5.09. The Bertz CT molecular complexity index is 570. The lowest BCUT2D eigenvalue weighted by Gasteiger charge is -2.25. The van der Waals surface area contributed by atoms with Crippen molar-refractivity contribution in [2.45, 2.75) is 53.0 Å². The van der Waals surface area contributed by atoms with E-state index in [0.29, 0.717) is 17.8 Å². The zero-order valence-electron chi connectivity index (χ0n) is 13.0. The topological polar surface area (TPSA) is 17.8 Å². The van der Waals surface area contributed by atoms with Crippen LogP contribution in [0.15, 0.2) is 18.2 Å². The monoisotopic (exact) mass is 292 g/mol. The van der Waals surface area contributed by atoms with Gasteiger partial charge in [0.25, 0.3) is 0 Å². The number of benzene rings is 1.